The third-order valence-electron chi connectivity index (χ3n) is 2.36. The van der Waals surface area contributed by atoms with Crippen LogP contribution in [0.1, 0.15) is 29.5 Å². The second-order valence-electron chi connectivity index (χ2n) is 3.33. The fraction of sp³-hybridized carbons (Fsp3) is 0.667. The Kier molecular flexibility index (Phi) is 2.91. The normalized spacial score (nSPS) is 19.2. The van der Waals surface area contributed by atoms with Crippen LogP contribution < -0.4 is 0 Å². The topological polar surface area (TPSA) is 22.1 Å². The van der Waals surface area contributed by atoms with Crippen molar-refractivity contribution in [2.45, 2.75) is 29.9 Å². The number of ether oxygens (including phenoxy) is 1. The van der Waals surface area contributed by atoms with E-state index in [0.717, 1.165) is 36.0 Å². The molecule has 2 heterocycles. The summed E-state index contributed by atoms with van der Waals surface area (Å²) in [4.78, 5) is 4.52. The zero-order valence-corrected chi connectivity index (χ0v) is 9.33. The van der Waals surface area contributed by atoms with Gasteiger partial charge in [0.15, 0.2) is 0 Å². The monoisotopic (exact) mass is 215 g/mol. The van der Waals surface area contributed by atoms with E-state index >= 15 is 0 Å². The Hall–Kier alpha value is -0.0600. The van der Waals surface area contributed by atoms with Crippen LogP contribution in [-0.4, -0.2) is 18.2 Å². The SMILES string of the molecule is Cc1nc(C2CCOCC2)sc1S. The summed E-state index contributed by atoms with van der Waals surface area (Å²) in [5.74, 6) is 0.610. The molecule has 0 N–H and O–H groups in total. The van der Waals surface area contributed by atoms with Crippen molar-refractivity contribution >= 4 is 24.0 Å². The molecular formula is C9H13NOS2. The highest BCUT2D eigenvalue weighted by Crippen LogP contribution is 2.32. The molecule has 2 nitrogen and oxygen atoms in total. The average Bonchev–Trinajstić information content (AvgIpc) is 2.49. The summed E-state index contributed by atoms with van der Waals surface area (Å²) in [5, 5.41) is 1.24. The molecule has 1 aliphatic heterocycles. The Morgan fingerprint density at radius 2 is 2.15 bits per heavy atom. The zero-order chi connectivity index (χ0) is 9.26. The van der Waals surface area contributed by atoms with Crippen LogP contribution in [0.3, 0.4) is 0 Å². The molecule has 0 saturated carbocycles. The summed E-state index contributed by atoms with van der Waals surface area (Å²) in [6.45, 7) is 3.78. The molecule has 1 saturated heterocycles. The second kappa shape index (κ2) is 3.98. The van der Waals surface area contributed by atoms with Gasteiger partial charge in [-0.05, 0) is 19.8 Å². The van der Waals surface area contributed by atoms with Crippen molar-refractivity contribution in [1.82, 2.24) is 4.98 Å². The fourth-order valence-corrected chi connectivity index (χ4v) is 2.83. The lowest BCUT2D eigenvalue weighted by atomic mass is 10.0. The Bertz CT molecular complexity index is 272. The lowest BCUT2D eigenvalue weighted by Crippen LogP contribution is -2.13. The molecule has 0 unspecified atom stereocenters. The average molecular weight is 215 g/mol. The van der Waals surface area contributed by atoms with E-state index in [-0.39, 0.29) is 0 Å². The van der Waals surface area contributed by atoms with Crippen molar-refractivity contribution in [2.75, 3.05) is 13.2 Å². The number of rotatable bonds is 1. The van der Waals surface area contributed by atoms with Gasteiger partial charge in [-0.25, -0.2) is 4.98 Å². The first-order valence-electron chi connectivity index (χ1n) is 4.51. The van der Waals surface area contributed by atoms with Crippen LogP contribution in [-0.2, 0) is 4.74 Å². The van der Waals surface area contributed by atoms with Gasteiger partial charge in [0.05, 0.1) is 14.9 Å². The van der Waals surface area contributed by atoms with Crippen LogP contribution in [0.5, 0.6) is 0 Å². The van der Waals surface area contributed by atoms with E-state index in [4.69, 9.17) is 4.74 Å². The van der Waals surface area contributed by atoms with Crippen molar-refractivity contribution in [2.24, 2.45) is 0 Å². The van der Waals surface area contributed by atoms with Gasteiger partial charge in [0.25, 0.3) is 0 Å². The molecule has 13 heavy (non-hydrogen) atoms. The van der Waals surface area contributed by atoms with Gasteiger partial charge in [-0.2, -0.15) is 0 Å². The van der Waals surface area contributed by atoms with Gasteiger partial charge in [0.2, 0.25) is 0 Å². The first-order valence-corrected chi connectivity index (χ1v) is 5.78. The molecule has 72 valence electrons. The summed E-state index contributed by atoms with van der Waals surface area (Å²) < 4.78 is 6.37. The number of thiazole rings is 1. The Morgan fingerprint density at radius 3 is 2.69 bits per heavy atom. The lowest BCUT2D eigenvalue weighted by Gasteiger charge is -2.19. The van der Waals surface area contributed by atoms with Crippen LogP contribution in [0.15, 0.2) is 4.21 Å². The van der Waals surface area contributed by atoms with Crippen molar-refractivity contribution in [3.05, 3.63) is 10.7 Å². The fourth-order valence-electron chi connectivity index (χ4n) is 1.53. The van der Waals surface area contributed by atoms with Crippen LogP contribution in [0, 0.1) is 6.92 Å². The number of aryl methyl sites for hydroxylation is 1. The van der Waals surface area contributed by atoms with Gasteiger partial charge >= 0.3 is 0 Å². The van der Waals surface area contributed by atoms with Gasteiger partial charge in [-0.3, -0.25) is 0 Å². The maximum Gasteiger partial charge on any atom is 0.0972 e. The van der Waals surface area contributed by atoms with E-state index in [2.05, 4.69) is 17.6 Å². The van der Waals surface area contributed by atoms with Gasteiger partial charge in [0.1, 0.15) is 0 Å². The van der Waals surface area contributed by atoms with E-state index < -0.39 is 0 Å². The third kappa shape index (κ3) is 2.06. The number of hydrogen-bond acceptors (Lipinski definition) is 4. The summed E-state index contributed by atoms with van der Waals surface area (Å²) in [6, 6.07) is 0. The summed E-state index contributed by atoms with van der Waals surface area (Å²) in [7, 11) is 0. The number of nitrogens with zero attached hydrogens (tertiary/aromatic N) is 1. The van der Waals surface area contributed by atoms with Gasteiger partial charge in [-0.15, -0.1) is 24.0 Å². The molecule has 0 aromatic carbocycles. The molecule has 1 aromatic heterocycles. The smallest absolute Gasteiger partial charge is 0.0972 e. The van der Waals surface area contributed by atoms with Gasteiger partial charge in [-0.1, -0.05) is 0 Å². The molecular weight excluding hydrogens is 202 g/mol. The predicted octanol–water partition coefficient (Wildman–Crippen LogP) is 2.63. The van der Waals surface area contributed by atoms with Crippen LogP contribution in [0.2, 0.25) is 0 Å². The summed E-state index contributed by atoms with van der Waals surface area (Å²) in [6.07, 6.45) is 2.22. The standard InChI is InChI=1S/C9H13NOS2/c1-6-9(12)13-8(10-6)7-2-4-11-5-3-7/h7,12H,2-5H2,1H3. The third-order valence-corrected chi connectivity index (χ3v) is 4.08. The predicted molar refractivity (Wildman–Crippen MR) is 56.9 cm³/mol. The minimum absolute atomic E-state index is 0.610. The van der Waals surface area contributed by atoms with E-state index in [1.165, 1.54) is 5.01 Å². The van der Waals surface area contributed by atoms with Crippen LogP contribution >= 0.6 is 24.0 Å². The maximum atomic E-state index is 5.32. The molecule has 1 aliphatic rings. The van der Waals surface area contributed by atoms with E-state index in [1.807, 2.05) is 6.92 Å². The molecule has 1 aromatic rings. The molecule has 2 rings (SSSR count). The molecule has 0 radical (unpaired) electrons. The largest absolute Gasteiger partial charge is 0.381 e. The Labute approximate surface area is 87.7 Å². The van der Waals surface area contributed by atoms with Gasteiger partial charge < -0.3 is 4.74 Å². The minimum Gasteiger partial charge on any atom is -0.381 e. The van der Waals surface area contributed by atoms with Gasteiger partial charge in [0, 0.05) is 19.1 Å². The van der Waals surface area contributed by atoms with E-state index in [1.54, 1.807) is 11.3 Å². The molecule has 0 bridgehead atoms. The van der Waals surface area contributed by atoms with Crippen molar-refractivity contribution < 1.29 is 4.74 Å². The maximum absolute atomic E-state index is 5.32. The Morgan fingerprint density at radius 1 is 1.46 bits per heavy atom. The second-order valence-corrected chi connectivity index (χ2v) is 5.11. The minimum atomic E-state index is 0.610. The number of thiol groups is 1. The molecule has 4 heteroatoms. The highest BCUT2D eigenvalue weighted by atomic mass is 32.2. The number of hydrogen-bond donors (Lipinski definition) is 1. The molecule has 1 fully saturated rings. The lowest BCUT2D eigenvalue weighted by molar-refractivity contribution is 0.0852. The van der Waals surface area contributed by atoms with Crippen LogP contribution in [0.4, 0.5) is 0 Å². The highest BCUT2D eigenvalue weighted by molar-refractivity contribution is 7.82. The van der Waals surface area contributed by atoms with E-state index in [9.17, 15) is 0 Å². The highest BCUT2D eigenvalue weighted by Gasteiger charge is 2.19. The van der Waals surface area contributed by atoms with Crippen molar-refractivity contribution in [1.29, 1.82) is 0 Å². The first-order chi connectivity index (χ1) is 6.27. The molecule has 0 spiro atoms. The first kappa shape index (κ1) is 9.49. The van der Waals surface area contributed by atoms with Crippen LogP contribution in [0.25, 0.3) is 0 Å². The van der Waals surface area contributed by atoms with Crippen molar-refractivity contribution in [3.8, 4) is 0 Å². The summed E-state index contributed by atoms with van der Waals surface area (Å²) >= 11 is 6.08. The molecule has 0 aliphatic carbocycles. The zero-order valence-electron chi connectivity index (χ0n) is 7.62. The molecule has 0 atom stereocenters. The number of aromatic nitrogens is 1. The summed E-state index contributed by atoms with van der Waals surface area (Å²) in [5.41, 5.74) is 1.06. The molecule has 0 amide bonds. The quantitative estimate of drug-likeness (QED) is 0.727. The van der Waals surface area contributed by atoms with Crippen molar-refractivity contribution in [3.63, 3.8) is 0 Å². The Balaban J connectivity index is 2.14. The van der Waals surface area contributed by atoms with E-state index in [0.29, 0.717) is 5.92 Å².